The molecule has 0 spiro atoms. The van der Waals surface area contributed by atoms with Crippen LogP contribution < -0.4 is 16.4 Å². The lowest BCUT2D eigenvalue weighted by atomic mass is 9.98. The van der Waals surface area contributed by atoms with Gasteiger partial charge >= 0.3 is 12.1 Å². The zero-order chi connectivity index (χ0) is 22.4. The van der Waals surface area contributed by atoms with E-state index in [1.54, 1.807) is 0 Å². The van der Waals surface area contributed by atoms with Gasteiger partial charge in [0.05, 0.1) is 0 Å². The molecule has 0 aromatic heterocycles. The molecule has 162 valence electrons. The maximum atomic E-state index is 12.1. The summed E-state index contributed by atoms with van der Waals surface area (Å²) < 4.78 is 5.31. The van der Waals surface area contributed by atoms with Crippen molar-refractivity contribution < 1.29 is 29.0 Å². The number of hydrogen-bond acceptors (Lipinski definition) is 5. The summed E-state index contributed by atoms with van der Waals surface area (Å²) in [6.07, 6.45) is -1.11. The fraction of sp³-hybridized carbons (Fsp3) is 0.273. The number of nitrogens with two attached hydrogens (primary N) is 1. The summed E-state index contributed by atoms with van der Waals surface area (Å²) in [7, 11) is 0. The Morgan fingerprint density at radius 2 is 1.58 bits per heavy atom. The van der Waals surface area contributed by atoms with Crippen LogP contribution in [-0.4, -0.2) is 48.2 Å². The number of aliphatic carboxylic acids is 1. The predicted molar refractivity (Wildman–Crippen MR) is 111 cm³/mol. The molecule has 0 fully saturated rings. The minimum Gasteiger partial charge on any atom is -0.480 e. The average Bonchev–Trinajstić information content (AvgIpc) is 3.07. The van der Waals surface area contributed by atoms with Gasteiger partial charge in [0, 0.05) is 12.3 Å². The Morgan fingerprint density at radius 1 is 1.00 bits per heavy atom. The smallest absolute Gasteiger partial charge is 0.407 e. The number of amides is 3. The van der Waals surface area contributed by atoms with E-state index in [1.807, 2.05) is 48.5 Å². The van der Waals surface area contributed by atoms with E-state index < -0.39 is 36.5 Å². The predicted octanol–water partition coefficient (Wildman–Crippen LogP) is 1.36. The highest BCUT2D eigenvalue weighted by Gasteiger charge is 2.29. The van der Waals surface area contributed by atoms with Crippen LogP contribution in [0.25, 0.3) is 11.1 Å². The summed E-state index contributed by atoms with van der Waals surface area (Å²) in [5, 5.41) is 13.6. The van der Waals surface area contributed by atoms with Crippen molar-refractivity contribution in [2.45, 2.75) is 24.8 Å². The number of fused-ring (bicyclic) bond motifs is 3. The molecule has 9 nitrogen and oxygen atoms in total. The minimum atomic E-state index is -1.30. The molecule has 1 aliphatic rings. The van der Waals surface area contributed by atoms with Crippen molar-refractivity contribution in [1.82, 2.24) is 10.6 Å². The lowest BCUT2D eigenvalue weighted by Gasteiger charge is -2.16. The van der Waals surface area contributed by atoms with Crippen LogP contribution in [0.15, 0.2) is 48.5 Å². The highest BCUT2D eigenvalue weighted by atomic mass is 16.5. The number of nitrogens with one attached hydrogen (secondary N) is 2. The molecule has 3 amide bonds. The summed E-state index contributed by atoms with van der Waals surface area (Å²) in [5.41, 5.74) is 9.32. The number of ether oxygens (including phenoxy) is 1. The topological polar surface area (TPSA) is 148 Å². The molecule has 1 atom stereocenters. The first-order valence-corrected chi connectivity index (χ1v) is 9.76. The van der Waals surface area contributed by atoms with Crippen LogP contribution in [0.1, 0.15) is 29.9 Å². The average molecular weight is 425 g/mol. The van der Waals surface area contributed by atoms with Gasteiger partial charge in [0.1, 0.15) is 19.2 Å². The molecule has 2 aromatic carbocycles. The molecule has 2 aromatic rings. The first-order valence-electron chi connectivity index (χ1n) is 9.76. The first-order chi connectivity index (χ1) is 14.9. The summed E-state index contributed by atoms with van der Waals surface area (Å²) in [5.74, 6) is -2.80. The van der Waals surface area contributed by atoms with Gasteiger partial charge in [-0.15, -0.1) is 0 Å². The number of carboxylic acids is 1. The van der Waals surface area contributed by atoms with E-state index in [1.165, 1.54) is 0 Å². The second-order valence-corrected chi connectivity index (χ2v) is 7.14. The fourth-order valence-corrected chi connectivity index (χ4v) is 3.59. The minimum absolute atomic E-state index is 0.0951. The van der Waals surface area contributed by atoms with Crippen LogP contribution in [0.2, 0.25) is 0 Å². The van der Waals surface area contributed by atoms with Gasteiger partial charge in [0.2, 0.25) is 11.8 Å². The summed E-state index contributed by atoms with van der Waals surface area (Å²) >= 11 is 0. The van der Waals surface area contributed by atoms with Crippen molar-refractivity contribution in [3.05, 3.63) is 59.7 Å². The van der Waals surface area contributed by atoms with Gasteiger partial charge in [-0.2, -0.15) is 0 Å². The molecule has 0 saturated carbocycles. The molecular weight excluding hydrogens is 402 g/mol. The Hall–Kier alpha value is -3.88. The van der Waals surface area contributed by atoms with Gasteiger partial charge in [-0.3, -0.25) is 9.59 Å². The summed E-state index contributed by atoms with van der Waals surface area (Å²) in [4.78, 5) is 46.0. The second kappa shape index (κ2) is 9.75. The van der Waals surface area contributed by atoms with Crippen LogP contribution in [0.3, 0.4) is 0 Å². The van der Waals surface area contributed by atoms with Crippen molar-refractivity contribution >= 4 is 23.9 Å². The molecule has 9 heteroatoms. The van der Waals surface area contributed by atoms with E-state index in [4.69, 9.17) is 15.6 Å². The van der Waals surface area contributed by atoms with Crippen LogP contribution in [-0.2, 0) is 19.1 Å². The molecule has 0 unspecified atom stereocenters. The zero-order valence-corrected chi connectivity index (χ0v) is 16.7. The molecule has 0 saturated heterocycles. The summed E-state index contributed by atoms with van der Waals surface area (Å²) in [6, 6.07) is 14.5. The Bertz CT molecular complexity index is 961. The van der Waals surface area contributed by atoms with E-state index in [0.717, 1.165) is 22.3 Å². The number of benzene rings is 2. The molecule has 3 rings (SSSR count). The number of alkyl carbamates (subject to hydrolysis) is 1. The van der Waals surface area contributed by atoms with Gasteiger partial charge in [-0.1, -0.05) is 48.5 Å². The van der Waals surface area contributed by atoms with Gasteiger partial charge in [-0.25, -0.2) is 9.59 Å². The monoisotopic (exact) mass is 425 g/mol. The molecule has 0 bridgehead atoms. The molecule has 31 heavy (non-hydrogen) atoms. The quantitative estimate of drug-likeness (QED) is 0.477. The summed E-state index contributed by atoms with van der Waals surface area (Å²) in [6.45, 7) is -0.366. The molecule has 0 heterocycles. The highest BCUT2D eigenvalue weighted by molar-refractivity contribution is 5.87. The fourth-order valence-electron chi connectivity index (χ4n) is 3.59. The Kier molecular flexibility index (Phi) is 6.86. The van der Waals surface area contributed by atoms with E-state index in [2.05, 4.69) is 10.6 Å². The van der Waals surface area contributed by atoms with Crippen LogP contribution in [0.5, 0.6) is 0 Å². The van der Waals surface area contributed by atoms with E-state index in [9.17, 15) is 19.2 Å². The van der Waals surface area contributed by atoms with Crippen molar-refractivity contribution in [2.24, 2.45) is 5.73 Å². The van der Waals surface area contributed by atoms with E-state index in [0.29, 0.717) is 0 Å². The number of carbonyl (C=O) groups is 4. The third-order valence-electron chi connectivity index (χ3n) is 5.05. The molecule has 1 aliphatic carbocycles. The van der Waals surface area contributed by atoms with Crippen LogP contribution in [0, 0.1) is 0 Å². The Balaban J connectivity index is 1.51. The Morgan fingerprint density at radius 3 is 2.13 bits per heavy atom. The first kappa shape index (κ1) is 21.8. The van der Waals surface area contributed by atoms with Gasteiger partial charge in [0.15, 0.2) is 0 Å². The van der Waals surface area contributed by atoms with E-state index >= 15 is 0 Å². The maximum absolute atomic E-state index is 12.1. The largest absolute Gasteiger partial charge is 0.480 e. The van der Waals surface area contributed by atoms with Gasteiger partial charge in [-0.05, 0) is 28.7 Å². The van der Waals surface area contributed by atoms with Gasteiger partial charge in [0.25, 0.3) is 0 Å². The van der Waals surface area contributed by atoms with Crippen molar-refractivity contribution in [2.75, 3.05) is 13.2 Å². The number of rotatable bonds is 9. The lowest BCUT2D eigenvalue weighted by molar-refractivity contribution is -0.142. The lowest BCUT2D eigenvalue weighted by Crippen LogP contribution is -2.46. The van der Waals surface area contributed by atoms with Crippen molar-refractivity contribution in [1.29, 1.82) is 0 Å². The van der Waals surface area contributed by atoms with Crippen molar-refractivity contribution in [3.8, 4) is 11.1 Å². The zero-order valence-electron chi connectivity index (χ0n) is 16.7. The van der Waals surface area contributed by atoms with Gasteiger partial charge < -0.3 is 26.2 Å². The normalized spacial score (nSPS) is 12.9. The standard InChI is InChI=1S/C22H23N3O6/c23-19(26)10-9-18(21(28)29)25-20(27)11-24-22(30)31-12-17-15-7-3-1-5-13(15)14-6-2-4-8-16(14)17/h1-8,17-18H,9-12H2,(H2,23,26)(H,24,30)(H,25,27)(H,28,29)/t18-/m0/s1. The third-order valence-corrected chi connectivity index (χ3v) is 5.05. The molecular formula is C22H23N3O6. The molecule has 0 aliphatic heterocycles. The number of hydrogen-bond donors (Lipinski definition) is 4. The van der Waals surface area contributed by atoms with Crippen LogP contribution in [0.4, 0.5) is 4.79 Å². The molecule has 0 radical (unpaired) electrons. The SMILES string of the molecule is NC(=O)CC[C@H](NC(=O)CNC(=O)OCC1c2ccccc2-c2ccccc21)C(=O)O. The van der Waals surface area contributed by atoms with Crippen molar-refractivity contribution in [3.63, 3.8) is 0 Å². The molecule has 5 N–H and O–H groups in total. The second-order valence-electron chi connectivity index (χ2n) is 7.14. The number of primary amides is 1. The maximum Gasteiger partial charge on any atom is 0.407 e. The van der Waals surface area contributed by atoms with E-state index in [-0.39, 0.29) is 25.4 Å². The highest BCUT2D eigenvalue weighted by Crippen LogP contribution is 2.44. The Labute approximate surface area is 178 Å². The van der Waals surface area contributed by atoms with Crippen LogP contribution >= 0.6 is 0 Å². The number of carboxylic acid groups (broad SMARTS) is 1. The third kappa shape index (κ3) is 5.39. The number of carbonyl (C=O) groups excluding carboxylic acids is 3.